The first-order valence-corrected chi connectivity index (χ1v) is 24.2. The smallest absolute Gasteiger partial charge is 0.329 e. The highest BCUT2D eigenvalue weighted by molar-refractivity contribution is 6.09. The number of carbonyl (C=O) groups excluding carboxylic acids is 4. The lowest BCUT2D eigenvalue weighted by atomic mass is 9.86. The molecule has 4 fully saturated rings. The number of ether oxygens (including phenoxy) is 1. The number of carbonyl (C=O) groups is 4. The van der Waals surface area contributed by atoms with Crippen LogP contribution in [0.2, 0.25) is 0 Å². The number of likely N-dealkylation sites (tertiary alicyclic amines) is 1. The topological polar surface area (TPSA) is 198 Å². The van der Waals surface area contributed by atoms with E-state index in [1.54, 1.807) is 4.68 Å². The van der Waals surface area contributed by atoms with Crippen molar-refractivity contribution in [1.82, 2.24) is 45.1 Å². The van der Waals surface area contributed by atoms with E-state index in [0.717, 1.165) is 56.7 Å². The van der Waals surface area contributed by atoms with Crippen LogP contribution in [0.5, 0.6) is 5.75 Å². The minimum atomic E-state index is -1.11. The summed E-state index contributed by atoms with van der Waals surface area (Å²) in [7, 11) is 1.83. The van der Waals surface area contributed by atoms with Crippen LogP contribution in [0.4, 0.5) is 22.1 Å². The molecule has 4 aliphatic heterocycles. The molecule has 0 spiro atoms. The number of piperidine rings is 2. The Balaban J connectivity index is 0.673. The highest BCUT2D eigenvalue weighted by Gasteiger charge is 2.38. The number of amides is 5. The standard InChI is InChI=1S/C51H60N12O6/c1-32-29-52-30-33(2)40(32)25-34(3)69-38-7-9-42-41(27-38)47(56-55-42)36-5-10-44(53-31-36)60-21-23-62(24-22-60)49(66)35-11-16-61(17-12-35)46(65)28-51(68)14-19-59(20-15-51)37-6-8-39-43(26-37)58(4)57-48(39)63-18-13-45(64)54-50(63)67/h5-10,26-27,29-31,34-35,68H,11-25,28H2,1-4H3,(H,55,56)(H,54,64,67)/t34-/m1/s1. The molecule has 0 unspecified atom stereocenters. The van der Waals surface area contributed by atoms with Crippen LogP contribution in [0.3, 0.4) is 0 Å². The second-order valence-electron chi connectivity index (χ2n) is 19.3. The molecule has 4 aliphatic rings. The van der Waals surface area contributed by atoms with E-state index in [1.165, 1.54) is 21.6 Å². The highest BCUT2D eigenvalue weighted by atomic mass is 16.5. The molecule has 1 atom stereocenters. The number of aromatic amines is 1. The number of aliphatic hydroxyl groups is 1. The molecule has 0 saturated carbocycles. The van der Waals surface area contributed by atoms with Crippen LogP contribution in [0.15, 0.2) is 67.1 Å². The van der Waals surface area contributed by atoms with Crippen molar-refractivity contribution in [2.75, 3.05) is 73.6 Å². The van der Waals surface area contributed by atoms with Gasteiger partial charge in [0.1, 0.15) is 17.3 Å². The van der Waals surface area contributed by atoms with Gasteiger partial charge < -0.3 is 29.4 Å². The molecule has 3 N–H and O–H groups in total. The number of rotatable bonds is 11. The molecule has 18 heteroatoms. The van der Waals surface area contributed by atoms with E-state index in [-0.39, 0.29) is 49.1 Å². The fourth-order valence-electron chi connectivity index (χ4n) is 10.5. The van der Waals surface area contributed by atoms with E-state index in [0.29, 0.717) is 83.9 Å². The van der Waals surface area contributed by atoms with Crippen molar-refractivity contribution in [2.24, 2.45) is 13.0 Å². The van der Waals surface area contributed by atoms with Crippen LogP contribution in [0.1, 0.15) is 62.1 Å². The quantitative estimate of drug-likeness (QED) is 0.152. The molecule has 0 bridgehead atoms. The Morgan fingerprint density at radius 3 is 2.32 bits per heavy atom. The van der Waals surface area contributed by atoms with Crippen molar-refractivity contribution < 1.29 is 29.0 Å². The van der Waals surface area contributed by atoms with E-state index in [1.807, 2.05) is 84.0 Å². The summed E-state index contributed by atoms with van der Waals surface area (Å²) in [4.78, 5) is 70.3. The third-order valence-electron chi connectivity index (χ3n) is 14.6. The fraction of sp³-hybridized carbons (Fsp3) is 0.451. The van der Waals surface area contributed by atoms with Crippen LogP contribution in [-0.2, 0) is 27.9 Å². The molecule has 5 amide bonds. The first-order chi connectivity index (χ1) is 33.3. The molecular weight excluding hydrogens is 877 g/mol. The van der Waals surface area contributed by atoms with E-state index in [2.05, 4.69) is 56.2 Å². The lowest BCUT2D eigenvalue weighted by molar-refractivity contribution is -0.143. The fourth-order valence-corrected chi connectivity index (χ4v) is 10.5. The summed E-state index contributed by atoms with van der Waals surface area (Å²) in [5.74, 6) is 1.80. The van der Waals surface area contributed by atoms with Crippen molar-refractivity contribution in [3.63, 3.8) is 0 Å². The van der Waals surface area contributed by atoms with Gasteiger partial charge in [-0.15, -0.1) is 0 Å². The Kier molecular flexibility index (Phi) is 12.4. The van der Waals surface area contributed by atoms with Crippen LogP contribution in [0.25, 0.3) is 33.1 Å². The summed E-state index contributed by atoms with van der Waals surface area (Å²) in [6.07, 6.45) is 8.80. The number of nitrogens with one attached hydrogen (secondary N) is 2. The summed E-state index contributed by atoms with van der Waals surface area (Å²) < 4.78 is 8.12. The first-order valence-electron chi connectivity index (χ1n) is 24.2. The van der Waals surface area contributed by atoms with Gasteiger partial charge in [-0.05, 0) is 112 Å². The lowest BCUT2D eigenvalue weighted by Crippen LogP contribution is -2.52. The number of imide groups is 1. The summed E-state index contributed by atoms with van der Waals surface area (Å²) in [6.45, 7) is 11.3. The Bertz CT molecular complexity index is 2890. The Labute approximate surface area is 400 Å². The summed E-state index contributed by atoms with van der Waals surface area (Å²) in [5.41, 5.74) is 6.94. The number of hydrogen-bond acceptors (Lipinski definition) is 12. The zero-order chi connectivity index (χ0) is 48.0. The summed E-state index contributed by atoms with van der Waals surface area (Å²) >= 11 is 0. The SMILES string of the molecule is Cc1cncc(C)c1C[C@@H](C)Oc1ccc2[nH]nc(-c3ccc(N4CCN(C(=O)C5CCN(C(=O)CC6(O)CCN(c7ccc8c(N9CCC(=O)NC9=O)nn(C)c8c7)CC6)CC5)CC4)nc3)c2c1. The third-order valence-corrected chi connectivity index (χ3v) is 14.6. The second-order valence-corrected chi connectivity index (χ2v) is 19.3. The number of aromatic nitrogens is 6. The van der Waals surface area contributed by atoms with Gasteiger partial charge in [-0.1, -0.05) is 0 Å². The maximum Gasteiger partial charge on any atom is 0.329 e. The molecule has 0 radical (unpaired) electrons. The van der Waals surface area contributed by atoms with Crippen molar-refractivity contribution in [3.8, 4) is 17.0 Å². The normalized spacial score (nSPS) is 18.5. The predicted molar refractivity (Wildman–Crippen MR) is 262 cm³/mol. The maximum atomic E-state index is 13.7. The largest absolute Gasteiger partial charge is 0.490 e. The van der Waals surface area contributed by atoms with Crippen LogP contribution in [0, 0.1) is 19.8 Å². The van der Waals surface area contributed by atoms with Gasteiger partial charge >= 0.3 is 6.03 Å². The van der Waals surface area contributed by atoms with Gasteiger partial charge in [-0.25, -0.2) is 9.78 Å². The first kappa shape index (κ1) is 45.7. The van der Waals surface area contributed by atoms with Crippen molar-refractivity contribution >= 4 is 62.9 Å². The molecule has 69 heavy (non-hydrogen) atoms. The number of nitrogens with zero attached hydrogens (tertiary/aromatic N) is 10. The Hall–Kier alpha value is -7.08. The number of urea groups is 1. The van der Waals surface area contributed by atoms with Gasteiger partial charge in [-0.2, -0.15) is 10.2 Å². The maximum absolute atomic E-state index is 13.7. The number of pyridine rings is 2. The molecule has 2 aromatic carbocycles. The van der Waals surface area contributed by atoms with E-state index in [4.69, 9.17) is 9.72 Å². The van der Waals surface area contributed by atoms with Crippen molar-refractivity contribution in [3.05, 3.63) is 83.8 Å². The van der Waals surface area contributed by atoms with Gasteiger partial charge in [0.2, 0.25) is 17.7 Å². The molecular formula is C51H60N12O6. The molecule has 4 saturated heterocycles. The van der Waals surface area contributed by atoms with E-state index in [9.17, 15) is 24.3 Å². The Morgan fingerprint density at radius 1 is 0.855 bits per heavy atom. The number of H-pyrrole nitrogens is 1. The minimum Gasteiger partial charge on any atom is -0.490 e. The van der Waals surface area contributed by atoms with E-state index >= 15 is 0 Å². The monoisotopic (exact) mass is 936 g/mol. The minimum absolute atomic E-state index is 0.0309. The van der Waals surface area contributed by atoms with Gasteiger partial charge in [0.05, 0.1) is 29.2 Å². The molecule has 0 aliphatic carbocycles. The average Bonchev–Trinajstić information content (AvgIpc) is 3.92. The highest BCUT2D eigenvalue weighted by Crippen LogP contribution is 2.35. The van der Waals surface area contributed by atoms with Gasteiger partial charge in [-0.3, -0.25) is 39.4 Å². The zero-order valence-electron chi connectivity index (χ0n) is 39.8. The second kappa shape index (κ2) is 18.8. The van der Waals surface area contributed by atoms with Crippen molar-refractivity contribution in [2.45, 2.75) is 77.4 Å². The summed E-state index contributed by atoms with van der Waals surface area (Å²) in [6, 6.07) is 15.6. The molecule has 4 aromatic heterocycles. The molecule has 18 nitrogen and oxygen atoms in total. The summed E-state index contributed by atoms with van der Waals surface area (Å²) in [5, 5.41) is 28.1. The van der Waals surface area contributed by atoms with Gasteiger partial charge in [0, 0.05) is 125 Å². The average molecular weight is 937 g/mol. The number of anilines is 3. The lowest BCUT2D eigenvalue weighted by Gasteiger charge is -2.41. The Morgan fingerprint density at radius 2 is 1.61 bits per heavy atom. The van der Waals surface area contributed by atoms with Crippen LogP contribution < -0.4 is 24.8 Å². The number of hydrogen-bond donors (Lipinski definition) is 3. The third kappa shape index (κ3) is 9.41. The van der Waals surface area contributed by atoms with Gasteiger partial charge in [0.15, 0.2) is 5.82 Å². The van der Waals surface area contributed by atoms with Crippen LogP contribution >= 0.6 is 0 Å². The van der Waals surface area contributed by atoms with E-state index < -0.39 is 11.6 Å². The van der Waals surface area contributed by atoms with Crippen LogP contribution in [-0.4, -0.2) is 139 Å². The van der Waals surface area contributed by atoms with Crippen molar-refractivity contribution in [1.29, 1.82) is 0 Å². The zero-order valence-corrected chi connectivity index (χ0v) is 39.8. The van der Waals surface area contributed by atoms with Gasteiger partial charge in [0.25, 0.3) is 0 Å². The predicted octanol–water partition coefficient (Wildman–Crippen LogP) is 5.29. The number of benzene rings is 2. The molecule has 10 rings (SSSR count). The number of piperazine rings is 1. The number of fused-ring (bicyclic) bond motifs is 2. The molecule has 8 heterocycles. The molecule has 360 valence electrons. The number of aryl methyl sites for hydroxylation is 3. The molecule has 6 aromatic rings.